The molecule has 0 aliphatic carbocycles. The number of hydrogen-bond donors (Lipinski definition) is 0. The van der Waals surface area contributed by atoms with Crippen LogP contribution in [-0.4, -0.2) is 14.7 Å². The standard InChI is InChI=1S/C15H16O2S/c1-18(16,17)15-9-5-8-14(12-15)11-10-13-6-3-2-4-7-13/h2-9,12H,10-11H2,1H3. The van der Waals surface area contributed by atoms with Gasteiger partial charge >= 0.3 is 0 Å². The third-order valence-electron chi connectivity index (χ3n) is 2.87. The first-order valence-electron chi connectivity index (χ1n) is 5.88. The van der Waals surface area contributed by atoms with Gasteiger partial charge in [0.15, 0.2) is 9.84 Å². The molecule has 0 fully saturated rings. The fraction of sp³-hybridized carbons (Fsp3) is 0.200. The first-order valence-corrected chi connectivity index (χ1v) is 7.78. The van der Waals surface area contributed by atoms with Gasteiger partial charge in [-0.2, -0.15) is 0 Å². The van der Waals surface area contributed by atoms with Gasteiger partial charge in [0.25, 0.3) is 0 Å². The Kier molecular flexibility index (Phi) is 3.82. The number of benzene rings is 2. The van der Waals surface area contributed by atoms with E-state index in [1.807, 2.05) is 24.3 Å². The maximum Gasteiger partial charge on any atom is 0.175 e. The van der Waals surface area contributed by atoms with Crippen LogP contribution in [0.5, 0.6) is 0 Å². The van der Waals surface area contributed by atoms with E-state index < -0.39 is 9.84 Å². The predicted octanol–water partition coefficient (Wildman–Crippen LogP) is 2.88. The summed E-state index contributed by atoms with van der Waals surface area (Å²) in [6, 6.07) is 17.4. The highest BCUT2D eigenvalue weighted by Crippen LogP contribution is 2.13. The molecular formula is C15H16O2S. The van der Waals surface area contributed by atoms with Gasteiger partial charge in [-0.15, -0.1) is 0 Å². The van der Waals surface area contributed by atoms with Crippen molar-refractivity contribution < 1.29 is 8.42 Å². The van der Waals surface area contributed by atoms with E-state index in [2.05, 4.69) is 12.1 Å². The van der Waals surface area contributed by atoms with Crippen LogP contribution in [0.4, 0.5) is 0 Å². The van der Waals surface area contributed by atoms with E-state index in [-0.39, 0.29) is 0 Å². The second kappa shape index (κ2) is 5.36. The molecule has 0 bridgehead atoms. The monoisotopic (exact) mass is 260 g/mol. The molecule has 0 radical (unpaired) electrons. The minimum Gasteiger partial charge on any atom is -0.224 e. The molecule has 0 atom stereocenters. The maximum atomic E-state index is 11.5. The third kappa shape index (κ3) is 3.44. The van der Waals surface area contributed by atoms with Crippen molar-refractivity contribution in [2.24, 2.45) is 0 Å². The van der Waals surface area contributed by atoms with Crippen LogP contribution >= 0.6 is 0 Å². The quantitative estimate of drug-likeness (QED) is 0.847. The smallest absolute Gasteiger partial charge is 0.175 e. The zero-order chi connectivity index (χ0) is 13.0. The third-order valence-corrected chi connectivity index (χ3v) is 3.98. The second-order valence-corrected chi connectivity index (χ2v) is 6.42. The van der Waals surface area contributed by atoms with Gasteiger partial charge in [-0.05, 0) is 36.1 Å². The molecule has 0 aliphatic heterocycles. The van der Waals surface area contributed by atoms with Crippen LogP contribution < -0.4 is 0 Å². The Morgan fingerprint density at radius 3 is 2.11 bits per heavy atom. The Morgan fingerprint density at radius 1 is 0.833 bits per heavy atom. The van der Waals surface area contributed by atoms with Gasteiger partial charge < -0.3 is 0 Å². The van der Waals surface area contributed by atoms with Crippen LogP contribution in [0.2, 0.25) is 0 Å². The number of rotatable bonds is 4. The molecule has 2 aromatic carbocycles. The van der Waals surface area contributed by atoms with E-state index in [4.69, 9.17) is 0 Å². The van der Waals surface area contributed by atoms with Crippen molar-refractivity contribution in [3.63, 3.8) is 0 Å². The zero-order valence-electron chi connectivity index (χ0n) is 10.3. The van der Waals surface area contributed by atoms with Crippen molar-refractivity contribution in [2.75, 3.05) is 6.26 Å². The lowest BCUT2D eigenvalue weighted by atomic mass is 10.0. The van der Waals surface area contributed by atoms with Gasteiger partial charge in [0, 0.05) is 6.26 Å². The summed E-state index contributed by atoms with van der Waals surface area (Å²) in [4.78, 5) is 0.396. The van der Waals surface area contributed by atoms with Crippen molar-refractivity contribution in [1.82, 2.24) is 0 Å². The lowest BCUT2D eigenvalue weighted by Crippen LogP contribution is -1.99. The van der Waals surface area contributed by atoms with Crippen molar-refractivity contribution in [2.45, 2.75) is 17.7 Å². The molecule has 0 amide bonds. The van der Waals surface area contributed by atoms with Gasteiger partial charge in [-0.1, -0.05) is 42.5 Å². The molecule has 0 saturated carbocycles. The Labute approximate surface area is 108 Å². The molecule has 0 saturated heterocycles. The summed E-state index contributed by atoms with van der Waals surface area (Å²) >= 11 is 0. The van der Waals surface area contributed by atoms with Crippen LogP contribution in [0.15, 0.2) is 59.5 Å². The molecule has 94 valence electrons. The van der Waals surface area contributed by atoms with Crippen molar-refractivity contribution in [3.8, 4) is 0 Å². The number of sulfone groups is 1. The SMILES string of the molecule is CS(=O)(=O)c1cccc(CCc2ccccc2)c1. The average Bonchev–Trinajstić information content (AvgIpc) is 2.37. The largest absolute Gasteiger partial charge is 0.224 e. The minimum absolute atomic E-state index is 0.396. The second-order valence-electron chi connectivity index (χ2n) is 4.41. The van der Waals surface area contributed by atoms with Crippen LogP contribution in [0, 0.1) is 0 Å². The first kappa shape index (κ1) is 12.8. The van der Waals surface area contributed by atoms with Gasteiger partial charge in [-0.3, -0.25) is 0 Å². The fourth-order valence-electron chi connectivity index (χ4n) is 1.86. The summed E-state index contributed by atoms with van der Waals surface area (Å²) in [5.41, 5.74) is 2.32. The highest BCUT2D eigenvalue weighted by molar-refractivity contribution is 7.90. The van der Waals surface area contributed by atoms with Crippen LogP contribution in [0.3, 0.4) is 0 Å². The van der Waals surface area contributed by atoms with Crippen molar-refractivity contribution in [1.29, 1.82) is 0 Å². The van der Waals surface area contributed by atoms with Crippen LogP contribution in [-0.2, 0) is 22.7 Å². The highest BCUT2D eigenvalue weighted by atomic mass is 32.2. The summed E-state index contributed by atoms with van der Waals surface area (Å²) in [7, 11) is -3.11. The molecule has 0 aliphatic rings. The molecule has 0 aromatic heterocycles. The number of aryl methyl sites for hydroxylation is 2. The molecule has 0 N–H and O–H groups in total. The molecule has 2 nitrogen and oxygen atoms in total. The average molecular weight is 260 g/mol. The minimum atomic E-state index is -3.11. The van der Waals surface area contributed by atoms with E-state index in [9.17, 15) is 8.42 Å². The zero-order valence-corrected chi connectivity index (χ0v) is 11.2. The molecule has 0 unspecified atom stereocenters. The van der Waals surface area contributed by atoms with Crippen LogP contribution in [0.1, 0.15) is 11.1 Å². The molecule has 3 heteroatoms. The summed E-state index contributed by atoms with van der Waals surface area (Å²) in [6.07, 6.45) is 3.02. The molecule has 0 spiro atoms. The Balaban J connectivity index is 2.11. The van der Waals surface area contributed by atoms with E-state index in [1.165, 1.54) is 11.8 Å². The summed E-state index contributed by atoms with van der Waals surface area (Å²) in [6.45, 7) is 0. The van der Waals surface area contributed by atoms with E-state index in [1.54, 1.807) is 18.2 Å². The fourth-order valence-corrected chi connectivity index (χ4v) is 2.56. The lowest BCUT2D eigenvalue weighted by Gasteiger charge is -2.04. The van der Waals surface area contributed by atoms with Crippen molar-refractivity contribution in [3.05, 3.63) is 65.7 Å². The first-order chi connectivity index (χ1) is 8.55. The van der Waals surface area contributed by atoms with E-state index >= 15 is 0 Å². The predicted molar refractivity (Wildman–Crippen MR) is 73.4 cm³/mol. The maximum absolute atomic E-state index is 11.5. The summed E-state index contributed by atoms with van der Waals surface area (Å²) < 4.78 is 22.9. The van der Waals surface area contributed by atoms with Crippen molar-refractivity contribution >= 4 is 9.84 Å². The Morgan fingerprint density at radius 2 is 1.44 bits per heavy atom. The number of hydrogen-bond acceptors (Lipinski definition) is 2. The van der Waals surface area contributed by atoms with Gasteiger partial charge in [0.1, 0.15) is 0 Å². The summed E-state index contributed by atoms with van der Waals surface area (Å²) in [5, 5.41) is 0. The van der Waals surface area contributed by atoms with E-state index in [0.717, 1.165) is 18.4 Å². The van der Waals surface area contributed by atoms with Gasteiger partial charge in [-0.25, -0.2) is 8.42 Å². The molecule has 2 aromatic rings. The van der Waals surface area contributed by atoms with Gasteiger partial charge in [0.05, 0.1) is 4.90 Å². The van der Waals surface area contributed by atoms with Gasteiger partial charge in [0.2, 0.25) is 0 Å². The Hall–Kier alpha value is -1.61. The van der Waals surface area contributed by atoms with Crippen LogP contribution in [0.25, 0.3) is 0 Å². The molecule has 18 heavy (non-hydrogen) atoms. The molecule has 2 rings (SSSR count). The molecule has 0 heterocycles. The normalized spacial score (nSPS) is 11.4. The highest BCUT2D eigenvalue weighted by Gasteiger charge is 2.07. The van der Waals surface area contributed by atoms with E-state index in [0.29, 0.717) is 4.90 Å². The lowest BCUT2D eigenvalue weighted by molar-refractivity contribution is 0.601. The Bertz CT molecular complexity index is 616. The molecular weight excluding hydrogens is 244 g/mol. The summed E-state index contributed by atoms with van der Waals surface area (Å²) in [5.74, 6) is 0. The topological polar surface area (TPSA) is 34.1 Å².